The molecule has 8 nitrogen and oxygen atoms in total. The lowest BCUT2D eigenvalue weighted by Gasteiger charge is -2.13. The van der Waals surface area contributed by atoms with Crippen molar-refractivity contribution < 1.29 is 36.3 Å². The van der Waals surface area contributed by atoms with Crippen LogP contribution in [0, 0.1) is 6.92 Å². The number of hydrogen-bond acceptors (Lipinski definition) is 6. The van der Waals surface area contributed by atoms with Crippen LogP contribution in [-0.4, -0.2) is 36.6 Å². The summed E-state index contributed by atoms with van der Waals surface area (Å²) < 4.78 is 59.8. The van der Waals surface area contributed by atoms with E-state index in [2.05, 4.69) is 15.0 Å². The lowest BCUT2D eigenvalue weighted by atomic mass is 10.1. The first-order chi connectivity index (χ1) is 18.3. The summed E-state index contributed by atoms with van der Waals surface area (Å²) in [5.74, 6) is -3.26. The van der Waals surface area contributed by atoms with E-state index in [1.54, 1.807) is 12.1 Å². The molecule has 204 valence electrons. The number of anilines is 2. The smallest absolute Gasteiger partial charge is 0.475 e. The molecule has 39 heavy (non-hydrogen) atoms. The molecule has 0 aliphatic carbocycles. The SMILES string of the molecule is Cc1ccc(S(=O)(=O)Nc2cc(Cl)ccc2C(=O)Nc2nc(-c3ccccc3)cs2)cc1.O=C(O)C(F)(F)F. The average molecular weight is 598 g/mol. The molecule has 3 N–H and O–H groups in total. The third kappa shape index (κ3) is 8.27. The fraction of sp³-hybridized carbons (Fsp3) is 0.0800. The molecule has 0 radical (unpaired) electrons. The van der Waals surface area contributed by atoms with Gasteiger partial charge < -0.3 is 5.11 Å². The number of carboxylic acid groups (broad SMARTS) is 1. The summed E-state index contributed by atoms with van der Waals surface area (Å²) in [4.78, 5) is 26.4. The van der Waals surface area contributed by atoms with Gasteiger partial charge in [0.25, 0.3) is 15.9 Å². The first kappa shape index (κ1) is 29.6. The maximum atomic E-state index is 12.9. The third-order valence-electron chi connectivity index (χ3n) is 4.84. The molecule has 0 unspecified atom stereocenters. The Hall–Kier alpha value is -3.94. The topological polar surface area (TPSA) is 125 Å². The van der Waals surface area contributed by atoms with Crippen LogP contribution in [0.1, 0.15) is 15.9 Å². The zero-order valence-corrected chi connectivity index (χ0v) is 22.3. The summed E-state index contributed by atoms with van der Waals surface area (Å²) in [6.45, 7) is 1.87. The van der Waals surface area contributed by atoms with Crippen LogP contribution in [0.2, 0.25) is 5.02 Å². The molecule has 0 spiro atoms. The fourth-order valence-electron chi connectivity index (χ4n) is 2.96. The number of thiazole rings is 1. The predicted octanol–water partition coefficient (Wildman–Crippen LogP) is 6.46. The minimum atomic E-state index is -5.08. The van der Waals surface area contributed by atoms with Crippen molar-refractivity contribution in [2.75, 3.05) is 10.0 Å². The van der Waals surface area contributed by atoms with E-state index in [0.717, 1.165) is 16.8 Å². The standard InChI is InChI=1S/C23H18ClN3O3S2.C2HF3O2/c1-15-7-10-18(11-8-15)32(29,30)27-20-13-17(24)9-12-19(20)22(28)26-23-25-21(14-31-23)16-5-3-2-4-6-16;3-2(4,5)1(6)7/h2-14,27H,1H3,(H,25,26,28);(H,6,7). The number of benzene rings is 3. The minimum Gasteiger partial charge on any atom is -0.475 e. The van der Waals surface area contributed by atoms with E-state index < -0.39 is 28.1 Å². The predicted molar refractivity (Wildman–Crippen MR) is 143 cm³/mol. The number of nitrogens with zero attached hydrogens (tertiary/aromatic N) is 1. The maximum Gasteiger partial charge on any atom is 0.490 e. The number of carbonyl (C=O) groups is 2. The lowest BCUT2D eigenvalue weighted by Crippen LogP contribution is -2.21. The van der Waals surface area contributed by atoms with Gasteiger partial charge in [-0.3, -0.25) is 14.8 Å². The molecule has 0 aliphatic heterocycles. The van der Waals surface area contributed by atoms with E-state index in [-0.39, 0.29) is 16.1 Å². The quantitative estimate of drug-likeness (QED) is 0.234. The minimum absolute atomic E-state index is 0.0791. The Balaban J connectivity index is 0.000000532. The van der Waals surface area contributed by atoms with Gasteiger partial charge in [-0.1, -0.05) is 59.6 Å². The van der Waals surface area contributed by atoms with Gasteiger partial charge in [0.05, 0.1) is 21.8 Å². The highest BCUT2D eigenvalue weighted by atomic mass is 35.5. The van der Waals surface area contributed by atoms with E-state index in [9.17, 15) is 26.4 Å². The summed E-state index contributed by atoms with van der Waals surface area (Å²) in [5, 5.41) is 12.4. The van der Waals surface area contributed by atoms with E-state index in [1.165, 1.54) is 41.7 Å². The Kier molecular flexibility index (Phi) is 9.32. The molecule has 0 bridgehead atoms. The first-order valence-electron chi connectivity index (χ1n) is 10.8. The second-order valence-corrected chi connectivity index (χ2v) is 10.7. The molecule has 0 saturated carbocycles. The van der Waals surface area contributed by atoms with Gasteiger partial charge in [-0.25, -0.2) is 18.2 Å². The second-order valence-electron chi connectivity index (χ2n) is 7.77. The van der Waals surface area contributed by atoms with Crippen LogP contribution < -0.4 is 10.0 Å². The van der Waals surface area contributed by atoms with Crippen molar-refractivity contribution in [2.24, 2.45) is 0 Å². The average Bonchev–Trinajstić information content (AvgIpc) is 3.33. The molecule has 3 aromatic carbocycles. The summed E-state index contributed by atoms with van der Waals surface area (Å²) in [5.41, 5.74) is 2.81. The maximum absolute atomic E-state index is 12.9. The van der Waals surface area contributed by atoms with Crippen molar-refractivity contribution in [3.63, 3.8) is 0 Å². The highest BCUT2D eigenvalue weighted by Crippen LogP contribution is 2.28. The number of aromatic nitrogens is 1. The van der Waals surface area contributed by atoms with Crippen LogP contribution in [-0.2, 0) is 14.8 Å². The van der Waals surface area contributed by atoms with Crippen LogP contribution in [0.5, 0.6) is 0 Å². The molecule has 1 aromatic heterocycles. The Morgan fingerprint density at radius 3 is 2.21 bits per heavy atom. The number of aliphatic carboxylic acids is 1. The largest absolute Gasteiger partial charge is 0.490 e. The Morgan fingerprint density at radius 2 is 1.62 bits per heavy atom. The third-order valence-corrected chi connectivity index (χ3v) is 7.21. The van der Waals surface area contributed by atoms with Crippen molar-refractivity contribution in [3.8, 4) is 11.3 Å². The van der Waals surface area contributed by atoms with E-state index in [1.807, 2.05) is 42.6 Å². The lowest BCUT2D eigenvalue weighted by molar-refractivity contribution is -0.192. The molecule has 4 rings (SSSR count). The van der Waals surface area contributed by atoms with Gasteiger partial charge in [-0.15, -0.1) is 11.3 Å². The van der Waals surface area contributed by atoms with Gasteiger partial charge in [-0.2, -0.15) is 13.2 Å². The first-order valence-corrected chi connectivity index (χ1v) is 13.5. The van der Waals surface area contributed by atoms with Crippen molar-refractivity contribution in [2.45, 2.75) is 18.0 Å². The molecule has 14 heteroatoms. The highest BCUT2D eigenvalue weighted by Gasteiger charge is 2.38. The van der Waals surface area contributed by atoms with Crippen molar-refractivity contribution in [1.82, 2.24) is 4.98 Å². The van der Waals surface area contributed by atoms with Crippen LogP contribution in [0.4, 0.5) is 24.0 Å². The normalized spacial score (nSPS) is 11.2. The van der Waals surface area contributed by atoms with E-state index >= 15 is 0 Å². The van der Waals surface area contributed by atoms with Crippen LogP contribution in [0.15, 0.2) is 83.1 Å². The number of aryl methyl sites for hydroxylation is 1. The number of amides is 1. The number of halogens is 4. The van der Waals surface area contributed by atoms with Gasteiger partial charge in [0.15, 0.2) is 5.13 Å². The van der Waals surface area contributed by atoms with Crippen LogP contribution in [0.25, 0.3) is 11.3 Å². The van der Waals surface area contributed by atoms with Crippen molar-refractivity contribution in [1.29, 1.82) is 0 Å². The molecule has 0 fully saturated rings. The number of sulfonamides is 1. The highest BCUT2D eigenvalue weighted by molar-refractivity contribution is 7.92. The Labute approximate surface area is 230 Å². The molecular formula is C25H19ClF3N3O5S2. The fourth-order valence-corrected chi connectivity index (χ4v) is 4.91. The van der Waals surface area contributed by atoms with Crippen LogP contribution in [0.3, 0.4) is 0 Å². The molecular weight excluding hydrogens is 579 g/mol. The number of carboxylic acids is 1. The second kappa shape index (κ2) is 12.3. The number of alkyl halides is 3. The Morgan fingerprint density at radius 1 is 1.00 bits per heavy atom. The van der Waals surface area contributed by atoms with Crippen molar-refractivity contribution in [3.05, 3.63) is 94.3 Å². The zero-order chi connectivity index (χ0) is 28.8. The van der Waals surface area contributed by atoms with Gasteiger partial charge in [0, 0.05) is 16.0 Å². The zero-order valence-electron chi connectivity index (χ0n) is 19.9. The number of rotatable bonds is 6. The van der Waals surface area contributed by atoms with Gasteiger partial charge >= 0.3 is 12.1 Å². The molecule has 0 atom stereocenters. The van der Waals surface area contributed by atoms with E-state index in [4.69, 9.17) is 21.5 Å². The molecule has 1 amide bonds. The monoisotopic (exact) mass is 597 g/mol. The Bertz CT molecular complexity index is 1580. The summed E-state index contributed by atoms with van der Waals surface area (Å²) in [7, 11) is -3.91. The van der Waals surface area contributed by atoms with Gasteiger partial charge in [-0.05, 0) is 37.3 Å². The summed E-state index contributed by atoms with van der Waals surface area (Å²) >= 11 is 7.35. The molecule has 0 saturated heterocycles. The van der Waals surface area contributed by atoms with E-state index in [0.29, 0.717) is 10.2 Å². The van der Waals surface area contributed by atoms with Crippen LogP contribution >= 0.6 is 22.9 Å². The number of nitrogens with one attached hydrogen (secondary N) is 2. The molecule has 0 aliphatic rings. The molecule has 4 aromatic rings. The number of hydrogen-bond donors (Lipinski definition) is 3. The van der Waals surface area contributed by atoms with Gasteiger partial charge in [0.2, 0.25) is 0 Å². The summed E-state index contributed by atoms with van der Waals surface area (Å²) in [6.07, 6.45) is -5.08. The molecule has 1 heterocycles. The summed E-state index contributed by atoms with van der Waals surface area (Å²) in [6, 6.07) is 20.4. The number of carbonyl (C=O) groups excluding carboxylic acids is 1. The van der Waals surface area contributed by atoms with Gasteiger partial charge in [0.1, 0.15) is 0 Å². The van der Waals surface area contributed by atoms with Crippen molar-refractivity contribution >= 4 is 55.7 Å².